The molecule has 0 aliphatic heterocycles. The molecule has 0 atom stereocenters. The lowest BCUT2D eigenvalue weighted by Gasteiger charge is -2.13. The van der Waals surface area contributed by atoms with Gasteiger partial charge in [-0.05, 0) is 38.3 Å². The minimum Gasteiger partial charge on any atom is -0.380 e. The lowest BCUT2D eigenvalue weighted by Crippen LogP contribution is -2.04. The lowest BCUT2D eigenvalue weighted by molar-refractivity contribution is 0.746. The van der Waals surface area contributed by atoms with Crippen LogP contribution in [0, 0.1) is 20.8 Å². The highest BCUT2D eigenvalue weighted by Gasteiger charge is 2.08. The molecule has 3 nitrogen and oxygen atoms in total. The fourth-order valence-corrected chi connectivity index (χ4v) is 2.67. The van der Waals surface area contributed by atoms with Crippen molar-refractivity contribution < 1.29 is 0 Å². The highest BCUT2D eigenvalue weighted by Crippen LogP contribution is 2.23. The van der Waals surface area contributed by atoms with E-state index in [1.54, 1.807) is 0 Å². The summed E-state index contributed by atoms with van der Waals surface area (Å²) in [5.41, 5.74) is 7.63. The maximum atomic E-state index is 4.48. The molecule has 0 unspecified atom stereocenters. The van der Waals surface area contributed by atoms with Crippen LogP contribution in [0.25, 0.3) is 0 Å². The molecule has 0 fully saturated rings. The number of rotatable bonds is 4. The standard InChI is InChI=1S/C16H23N3/c1-6-15-14(10-19(5)18-15)9-17-16-12(3)7-11(2)8-13(16)4/h7-8,10,17H,6,9H2,1-5H3. The summed E-state index contributed by atoms with van der Waals surface area (Å²) in [4.78, 5) is 0. The molecule has 0 saturated heterocycles. The van der Waals surface area contributed by atoms with Crippen molar-refractivity contribution in [1.29, 1.82) is 0 Å². The molecule has 0 amide bonds. The monoisotopic (exact) mass is 257 g/mol. The zero-order valence-electron chi connectivity index (χ0n) is 12.5. The number of aryl methyl sites for hydroxylation is 5. The predicted octanol–water partition coefficient (Wildman–Crippen LogP) is 3.52. The molecule has 0 aliphatic rings. The van der Waals surface area contributed by atoms with Crippen molar-refractivity contribution >= 4 is 5.69 Å². The molecule has 0 spiro atoms. The van der Waals surface area contributed by atoms with Crippen LogP contribution < -0.4 is 5.32 Å². The molecule has 2 rings (SSSR count). The van der Waals surface area contributed by atoms with Crippen molar-refractivity contribution in [2.24, 2.45) is 7.05 Å². The van der Waals surface area contributed by atoms with Gasteiger partial charge in [0, 0.05) is 31.0 Å². The van der Waals surface area contributed by atoms with Gasteiger partial charge in [-0.1, -0.05) is 24.6 Å². The summed E-state index contributed by atoms with van der Waals surface area (Å²) in [6, 6.07) is 4.44. The van der Waals surface area contributed by atoms with E-state index in [2.05, 4.69) is 56.4 Å². The smallest absolute Gasteiger partial charge is 0.0671 e. The van der Waals surface area contributed by atoms with Gasteiger partial charge < -0.3 is 5.32 Å². The van der Waals surface area contributed by atoms with Crippen molar-refractivity contribution in [3.63, 3.8) is 0 Å². The normalized spacial score (nSPS) is 10.8. The fraction of sp³-hybridized carbons (Fsp3) is 0.438. The largest absolute Gasteiger partial charge is 0.380 e. The van der Waals surface area contributed by atoms with Gasteiger partial charge in [0.05, 0.1) is 5.69 Å². The van der Waals surface area contributed by atoms with Gasteiger partial charge in [-0.15, -0.1) is 0 Å². The van der Waals surface area contributed by atoms with Crippen LogP contribution >= 0.6 is 0 Å². The van der Waals surface area contributed by atoms with Gasteiger partial charge in [0.15, 0.2) is 0 Å². The van der Waals surface area contributed by atoms with Crippen LogP contribution in [-0.2, 0) is 20.0 Å². The van der Waals surface area contributed by atoms with Crippen LogP contribution in [0.3, 0.4) is 0 Å². The molecule has 0 saturated carbocycles. The quantitative estimate of drug-likeness (QED) is 0.908. The Bertz CT molecular complexity index is 559. The van der Waals surface area contributed by atoms with Crippen LogP contribution in [0.15, 0.2) is 18.3 Å². The minimum atomic E-state index is 0.835. The number of nitrogens with zero attached hydrogens (tertiary/aromatic N) is 2. The SMILES string of the molecule is CCc1nn(C)cc1CNc1c(C)cc(C)cc1C. The van der Waals surface area contributed by atoms with Crippen LogP contribution in [0.4, 0.5) is 5.69 Å². The second-order valence-electron chi connectivity index (χ2n) is 5.26. The van der Waals surface area contributed by atoms with E-state index in [4.69, 9.17) is 0 Å². The van der Waals surface area contributed by atoms with Gasteiger partial charge >= 0.3 is 0 Å². The third-order valence-corrected chi connectivity index (χ3v) is 3.46. The number of aromatic nitrogens is 2. The molecule has 0 radical (unpaired) electrons. The summed E-state index contributed by atoms with van der Waals surface area (Å²) in [5, 5.41) is 8.04. The number of hydrogen-bond donors (Lipinski definition) is 1. The van der Waals surface area contributed by atoms with Gasteiger partial charge in [-0.3, -0.25) is 4.68 Å². The van der Waals surface area contributed by atoms with Crippen molar-refractivity contribution in [1.82, 2.24) is 9.78 Å². The molecule has 2 aromatic rings. The summed E-state index contributed by atoms with van der Waals surface area (Å²) >= 11 is 0. The first-order valence-corrected chi connectivity index (χ1v) is 6.84. The molecule has 19 heavy (non-hydrogen) atoms. The fourth-order valence-electron chi connectivity index (χ4n) is 2.67. The van der Waals surface area contributed by atoms with Crippen molar-refractivity contribution in [3.05, 3.63) is 46.3 Å². The van der Waals surface area contributed by atoms with E-state index < -0.39 is 0 Å². The third kappa shape index (κ3) is 2.98. The van der Waals surface area contributed by atoms with Gasteiger partial charge in [-0.2, -0.15) is 5.10 Å². The molecule has 0 aliphatic carbocycles. The summed E-state index contributed by atoms with van der Waals surface area (Å²) in [5.74, 6) is 0. The number of benzene rings is 1. The minimum absolute atomic E-state index is 0.835. The van der Waals surface area contributed by atoms with Crippen LogP contribution in [0.1, 0.15) is 34.9 Å². The molecule has 3 heteroatoms. The van der Waals surface area contributed by atoms with Crippen LogP contribution in [0.5, 0.6) is 0 Å². The molecule has 0 bridgehead atoms. The van der Waals surface area contributed by atoms with E-state index >= 15 is 0 Å². The van der Waals surface area contributed by atoms with E-state index in [1.807, 2.05) is 11.7 Å². The van der Waals surface area contributed by atoms with Gasteiger partial charge in [0.25, 0.3) is 0 Å². The first-order valence-electron chi connectivity index (χ1n) is 6.84. The topological polar surface area (TPSA) is 29.9 Å². The van der Waals surface area contributed by atoms with Gasteiger partial charge in [0.2, 0.25) is 0 Å². The van der Waals surface area contributed by atoms with Crippen molar-refractivity contribution in [2.75, 3.05) is 5.32 Å². The summed E-state index contributed by atoms with van der Waals surface area (Å²) in [6.45, 7) is 9.44. The first kappa shape index (κ1) is 13.7. The third-order valence-electron chi connectivity index (χ3n) is 3.46. The summed E-state index contributed by atoms with van der Waals surface area (Å²) < 4.78 is 1.89. The van der Waals surface area contributed by atoms with Gasteiger partial charge in [-0.25, -0.2) is 0 Å². The zero-order chi connectivity index (χ0) is 14.0. The Balaban J connectivity index is 2.19. The number of anilines is 1. The van der Waals surface area contributed by atoms with E-state index in [9.17, 15) is 0 Å². The summed E-state index contributed by atoms with van der Waals surface area (Å²) in [7, 11) is 1.98. The molecule has 1 aromatic carbocycles. The van der Waals surface area contributed by atoms with E-state index in [0.717, 1.165) is 13.0 Å². The average Bonchev–Trinajstić information content (AvgIpc) is 2.68. The molecule has 1 aromatic heterocycles. The van der Waals surface area contributed by atoms with Crippen LogP contribution in [0.2, 0.25) is 0 Å². The Labute approximate surface area is 115 Å². The molecular weight excluding hydrogens is 234 g/mol. The Kier molecular flexibility index (Phi) is 3.93. The van der Waals surface area contributed by atoms with Crippen molar-refractivity contribution in [2.45, 2.75) is 40.7 Å². The molecule has 1 heterocycles. The Hall–Kier alpha value is -1.77. The Morgan fingerprint density at radius 2 is 1.79 bits per heavy atom. The molecule has 1 N–H and O–H groups in total. The number of nitrogens with one attached hydrogen (secondary N) is 1. The zero-order valence-corrected chi connectivity index (χ0v) is 12.5. The highest BCUT2D eigenvalue weighted by molar-refractivity contribution is 5.58. The van der Waals surface area contributed by atoms with Gasteiger partial charge in [0.1, 0.15) is 0 Å². The van der Waals surface area contributed by atoms with E-state index in [-0.39, 0.29) is 0 Å². The van der Waals surface area contributed by atoms with E-state index in [0.29, 0.717) is 0 Å². The average molecular weight is 257 g/mol. The predicted molar refractivity (Wildman–Crippen MR) is 80.6 cm³/mol. The van der Waals surface area contributed by atoms with E-state index in [1.165, 1.54) is 33.6 Å². The molecule has 102 valence electrons. The maximum Gasteiger partial charge on any atom is 0.0671 e. The first-order chi connectivity index (χ1) is 9.01. The Morgan fingerprint density at radius 3 is 2.37 bits per heavy atom. The second kappa shape index (κ2) is 5.47. The lowest BCUT2D eigenvalue weighted by atomic mass is 10.0. The second-order valence-corrected chi connectivity index (χ2v) is 5.26. The maximum absolute atomic E-state index is 4.48. The van der Waals surface area contributed by atoms with Crippen molar-refractivity contribution in [3.8, 4) is 0 Å². The number of hydrogen-bond acceptors (Lipinski definition) is 2. The summed E-state index contributed by atoms with van der Waals surface area (Å²) in [6.07, 6.45) is 3.08. The van der Waals surface area contributed by atoms with Crippen LogP contribution in [-0.4, -0.2) is 9.78 Å². The Morgan fingerprint density at radius 1 is 1.16 bits per heavy atom. The molecular formula is C16H23N3. The highest BCUT2D eigenvalue weighted by atomic mass is 15.3.